The van der Waals surface area contributed by atoms with Gasteiger partial charge in [0, 0.05) is 10.5 Å². The molecule has 0 aliphatic carbocycles. The first-order valence-corrected chi connectivity index (χ1v) is 10.2. The lowest BCUT2D eigenvalue weighted by atomic mass is 10.0. The second-order valence-electron chi connectivity index (χ2n) is 5.99. The molecule has 160 valence electrons. The van der Waals surface area contributed by atoms with Crippen LogP contribution in [0, 0.1) is 0 Å². The van der Waals surface area contributed by atoms with Gasteiger partial charge in [-0.2, -0.15) is 13.2 Å². The maximum Gasteiger partial charge on any atom is 0.573 e. The fraction of sp³-hybridized carbons (Fsp3) is 0.294. The lowest BCUT2D eigenvalue weighted by Crippen LogP contribution is -2.39. The minimum absolute atomic E-state index is 0.243. The highest BCUT2D eigenvalue weighted by atomic mass is 79.9. The van der Waals surface area contributed by atoms with Crippen molar-refractivity contribution in [2.45, 2.75) is 36.3 Å². The number of halogens is 7. The van der Waals surface area contributed by atoms with Gasteiger partial charge < -0.3 is 4.74 Å². The number of hydrogen-bond donors (Lipinski definition) is 1. The number of rotatable bonds is 7. The Balaban J connectivity index is 2.21. The predicted molar refractivity (Wildman–Crippen MR) is 95.8 cm³/mol. The minimum Gasteiger partial charge on any atom is -0.406 e. The van der Waals surface area contributed by atoms with Crippen molar-refractivity contribution in [3.63, 3.8) is 0 Å². The lowest BCUT2D eigenvalue weighted by molar-refractivity contribution is -0.274. The van der Waals surface area contributed by atoms with Gasteiger partial charge in [0.05, 0.1) is 11.3 Å². The van der Waals surface area contributed by atoms with Crippen molar-refractivity contribution in [2.24, 2.45) is 0 Å². The number of sulfonamides is 1. The van der Waals surface area contributed by atoms with Crippen molar-refractivity contribution < 1.29 is 39.5 Å². The molecule has 0 saturated heterocycles. The Labute approximate surface area is 171 Å². The average molecular weight is 506 g/mol. The first kappa shape index (κ1) is 23.5. The molecule has 0 aliphatic rings. The monoisotopic (exact) mass is 505 g/mol. The molecule has 0 fully saturated rings. The van der Waals surface area contributed by atoms with E-state index in [1.165, 1.54) is 0 Å². The third-order valence-corrected chi connectivity index (χ3v) is 5.57. The second kappa shape index (κ2) is 8.92. The average Bonchev–Trinajstić information content (AvgIpc) is 2.51. The van der Waals surface area contributed by atoms with Gasteiger partial charge in [-0.05, 0) is 48.4 Å². The summed E-state index contributed by atoms with van der Waals surface area (Å²) in [6, 6.07) is 7.99. The van der Waals surface area contributed by atoms with E-state index in [1.807, 2.05) is 4.72 Å². The third kappa shape index (κ3) is 8.23. The summed E-state index contributed by atoms with van der Waals surface area (Å²) in [6.07, 6.45) is -11.3. The molecule has 0 amide bonds. The van der Waals surface area contributed by atoms with Crippen LogP contribution in [0.3, 0.4) is 0 Å². The first-order valence-electron chi connectivity index (χ1n) is 7.93. The molecule has 0 aromatic heterocycles. The Morgan fingerprint density at radius 2 is 1.62 bits per heavy atom. The van der Waals surface area contributed by atoms with E-state index in [-0.39, 0.29) is 6.42 Å². The zero-order valence-electron chi connectivity index (χ0n) is 14.4. The zero-order chi connectivity index (χ0) is 21.9. The van der Waals surface area contributed by atoms with Gasteiger partial charge in [-0.15, -0.1) is 13.2 Å². The lowest BCUT2D eigenvalue weighted by Gasteiger charge is -2.20. The van der Waals surface area contributed by atoms with Crippen LogP contribution in [-0.4, -0.2) is 27.0 Å². The summed E-state index contributed by atoms with van der Waals surface area (Å²) < 4.78 is 106. The maximum absolute atomic E-state index is 12.9. The molecule has 0 radical (unpaired) electrons. The number of nitrogens with one attached hydrogen (secondary N) is 1. The summed E-state index contributed by atoms with van der Waals surface area (Å²) in [4.78, 5) is -0.492. The standard InChI is InChI=1S/C17H14BrF6NO3S/c18-12-3-1-2-11(8-12)9-13(10-16(19,20)21)25-29(26,27)15-6-4-14(5-7-15)28-17(22,23)24/h1-8,13,25H,9-10H2/t13-/m0/s1. The van der Waals surface area contributed by atoms with E-state index >= 15 is 0 Å². The molecule has 0 spiro atoms. The van der Waals surface area contributed by atoms with Crippen LogP contribution in [0.1, 0.15) is 12.0 Å². The van der Waals surface area contributed by atoms with Crippen molar-refractivity contribution in [2.75, 3.05) is 0 Å². The van der Waals surface area contributed by atoms with Crippen LogP contribution in [0.4, 0.5) is 26.3 Å². The fourth-order valence-corrected chi connectivity index (χ4v) is 4.17. The number of benzene rings is 2. The van der Waals surface area contributed by atoms with E-state index < -0.39 is 45.7 Å². The van der Waals surface area contributed by atoms with Crippen LogP contribution in [0.2, 0.25) is 0 Å². The van der Waals surface area contributed by atoms with Crippen molar-refractivity contribution in [1.29, 1.82) is 0 Å². The molecule has 12 heteroatoms. The molecular formula is C17H14BrF6NO3S. The molecule has 0 aliphatic heterocycles. The smallest absolute Gasteiger partial charge is 0.406 e. The number of alkyl halides is 6. The third-order valence-electron chi connectivity index (χ3n) is 3.54. The van der Waals surface area contributed by atoms with E-state index in [4.69, 9.17) is 0 Å². The van der Waals surface area contributed by atoms with Gasteiger partial charge in [0.1, 0.15) is 5.75 Å². The molecule has 0 bridgehead atoms. The van der Waals surface area contributed by atoms with Crippen molar-refractivity contribution >= 4 is 26.0 Å². The van der Waals surface area contributed by atoms with Crippen molar-refractivity contribution in [1.82, 2.24) is 4.72 Å². The molecule has 1 atom stereocenters. The molecule has 0 heterocycles. The van der Waals surface area contributed by atoms with Gasteiger partial charge in [-0.25, -0.2) is 13.1 Å². The largest absolute Gasteiger partial charge is 0.573 e. The molecular weight excluding hydrogens is 492 g/mol. The second-order valence-corrected chi connectivity index (χ2v) is 8.62. The van der Waals surface area contributed by atoms with Crippen LogP contribution in [0.5, 0.6) is 5.75 Å². The summed E-state index contributed by atoms with van der Waals surface area (Å²) in [5.74, 6) is -0.655. The Kier molecular flexibility index (Phi) is 7.23. The summed E-state index contributed by atoms with van der Waals surface area (Å²) in [5.41, 5.74) is 0.463. The van der Waals surface area contributed by atoms with Crippen LogP contribution in [0.15, 0.2) is 57.9 Å². The van der Waals surface area contributed by atoms with Crippen LogP contribution in [-0.2, 0) is 16.4 Å². The Hall–Kier alpha value is -1.79. The van der Waals surface area contributed by atoms with Crippen LogP contribution in [0.25, 0.3) is 0 Å². The quantitative estimate of drug-likeness (QED) is 0.527. The van der Waals surface area contributed by atoms with Crippen LogP contribution < -0.4 is 9.46 Å². The molecule has 2 rings (SSSR count). The van der Waals surface area contributed by atoms with E-state index in [1.54, 1.807) is 24.3 Å². The molecule has 2 aromatic rings. The summed E-state index contributed by atoms with van der Waals surface area (Å²) in [5, 5.41) is 0. The SMILES string of the molecule is O=S(=O)(N[C@@H](Cc1cccc(Br)c1)CC(F)(F)F)c1ccc(OC(F)(F)F)cc1. The summed E-state index contributed by atoms with van der Waals surface area (Å²) in [6.45, 7) is 0. The van der Waals surface area contributed by atoms with Crippen LogP contribution >= 0.6 is 15.9 Å². The highest BCUT2D eigenvalue weighted by Gasteiger charge is 2.34. The van der Waals surface area contributed by atoms with Gasteiger partial charge in [0.15, 0.2) is 0 Å². The Bertz CT molecular complexity index is 929. The zero-order valence-corrected chi connectivity index (χ0v) is 16.8. The normalized spacial score (nSPS) is 13.9. The van der Waals surface area contributed by atoms with Gasteiger partial charge >= 0.3 is 12.5 Å². The molecule has 0 saturated carbocycles. The number of ether oxygens (including phenoxy) is 1. The maximum atomic E-state index is 12.9. The molecule has 4 nitrogen and oxygen atoms in total. The highest BCUT2D eigenvalue weighted by molar-refractivity contribution is 9.10. The van der Waals surface area contributed by atoms with Gasteiger partial charge in [0.2, 0.25) is 10.0 Å². The molecule has 29 heavy (non-hydrogen) atoms. The summed E-state index contributed by atoms with van der Waals surface area (Å²) >= 11 is 3.19. The van der Waals surface area contributed by atoms with Gasteiger partial charge in [-0.1, -0.05) is 28.1 Å². The van der Waals surface area contributed by atoms with E-state index in [0.717, 1.165) is 24.3 Å². The minimum atomic E-state index is -4.96. The molecule has 0 unspecified atom stereocenters. The van der Waals surface area contributed by atoms with Crippen molar-refractivity contribution in [3.05, 3.63) is 58.6 Å². The van der Waals surface area contributed by atoms with E-state index in [2.05, 4.69) is 20.7 Å². The first-order chi connectivity index (χ1) is 13.2. The Morgan fingerprint density at radius 3 is 2.14 bits per heavy atom. The molecule has 1 N–H and O–H groups in total. The number of hydrogen-bond acceptors (Lipinski definition) is 3. The fourth-order valence-electron chi connectivity index (χ4n) is 2.49. The topological polar surface area (TPSA) is 55.4 Å². The summed E-state index contributed by atoms with van der Waals surface area (Å²) in [7, 11) is -4.42. The Morgan fingerprint density at radius 1 is 1.00 bits per heavy atom. The van der Waals surface area contributed by atoms with Gasteiger partial charge in [-0.3, -0.25) is 0 Å². The van der Waals surface area contributed by atoms with E-state index in [0.29, 0.717) is 10.0 Å². The van der Waals surface area contributed by atoms with Crippen molar-refractivity contribution in [3.8, 4) is 5.75 Å². The predicted octanol–water partition coefficient (Wildman–Crippen LogP) is 5.19. The highest BCUT2D eigenvalue weighted by Crippen LogP contribution is 2.27. The van der Waals surface area contributed by atoms with E-state index in [9.17, 15) is 34.8 Å². The van der Waals surface area contributed by atoms with Gasteiger partial charge in [0.25, 0.3) is 0 Å². The molecule has 2 aromatic carbocycles.